The summed E-state index contributed by atoms with van der Waals surface area (Å²) in [5.74, 6) is -0.730. The van der Waals surface area contributed by atoms with E-state index in [1.54, 1.807) is 0 Å². The fourth-order valence-electron chi connectivity index (χ4n) is 2.06. The highest BCUT2D eigenvalue weighted by atomic mass is 35.5. The molecule has 0 aromatic carbocycles. The Labute approximate surface area is 110 Å². The molecule has 1 aliphatic rings. The highest BCUT2D eigenvalue weighted by Crippen LogP contribution is 2.36. The van der Waals surface area contributed by atoms with Crippen LogP contribution < -0.4 is 0 Å². The van der Waals surface area contributed by atoms with Gasteiger partial charge in [0.05, 0.1) is 10.8 Å². The van der Waals surface area contributed by atoms with E-state index in [4.69, 9.17) is 16.7 Å². The standard InChI is InChI=1S/C12H16ClNO2S/c1-8(9-6-11(13)17-7-9)14(10-2-3-10)5-4-12(15)16/h6-8,10H,2-5H2,1H3,(H,15,16). The number of carbonyl (C=O) groups is 1. The lowest BCUT2D eigenvalue weighted by Gasteiger charge is -2.28. The summed E-state index contributed by atoms with van der Waals surface area (Å²) in [4.78, 5) is 12.9. The summed E-state index contributed by atoms with van der Waals surface area (Å²) in [6.45, 7) is 2.74. The number of rotatable bonds is 6. The summed E-state index contributed by atoms with van der Waals surface area (Å²) >= 11 is 7.47. The van der Waals surface area contributed by atoms with E-state index in [1.807, 2.05) is 6.07 Å². The van der Waals surface area contributed by atoms with Crippen molar-refractivity contribution < 1.29 is 9.90 Å². The average Bonchev–Trinajstić information content (AvgIpc) is 3.00. The Hall–Kier alpha value is -0.580. The number of carboxylic acid groups (broad SMARTS) is 1. The molecule has 1 aliphatic carbocycles. The van der Waals surface area contributed by atoms with E-state index in [0.717, 1.165) is 4.34 Å². The number of aliphatic carboxylic acids is 1. The molecule has 0 aliphatic heterocycles. The summed E-state index contributed by atoms with van der Waals surface area (Å²) < 4.78 is 0.792. The van der Waals surface area contributed by atoms with Gasteiger partial charge in [-0.3, -0.25) is 9.69 Å². The monoisotopic (exact) mass is 273 g/mol. The summed E-state index contributed by atoms with van der Waals surface area (Å²) in [6, 6.07) is 2.79. The van der Waals surface area contributed by atoms with E-state index in [1.165, 1.54) is 29.7 Å². The molecule has 17 heavy (non-hydrogen) atoms. The lowest BCUT2D eigenvalue weighted by atomic mass is 10.1. The van der Waals surface area contributed by atoms with Crippen molar-refractivity contribution >= 4 is 28.9 Å². The van der Waals surface area contributed by atoms with Crippen LogP contribution in [0.25, 0.3) is 0 Å². The van der Waals surface area contributed by atoms with Gasteiger partial charge >= 0.3 is 5.97 Å². The van der Waals surface area contributed by atoms with Crippen LogP contribution in [0.4, 0.5) is 0 Å². The maximum absolute atomic E-state index is 10.7. The van der Waals surface area contributed by atoms with E-state index >= 15 is 0 Å². The molecule has 3 nitrogen and oxygen atoms in total. The van der Waals surface area contributed by atoms with Gasteiger partial charge < -0.3 is 5.11 Å². The highest BCUT2D eigenvalue weighted by molar-refractivity contribution is 7.14. The van der Waals surface area contributed by atoms with E-state index in [-0.39, 0.29) is 12.5 Å². The molecule has 5 heteroatoms. The summed E-state index contributed by atoms with van der Waals surface area (Å²) in [5, 5.41) is 10.8. The van der Waals surface area contributed by atoms with Crippen LogP contribution >= 0.6 is 22.9 Å². The molecule has 1 heterocycles. The molecule has 0 radical (unpaired) electrons. The third-order valence-corrected chi connectivity index (χ3v) is 4.28. The second-order valence-corrected chi connectivity index (χ2v) is 6.02. The zero-order valence-electron chi connectivity index (χ0n) is 9.73. The predicted molar refractivity (Wildman–Crippen MR) is 69.7 cm³/mol. The normalized spacial score (nSPS) is 17.4. The van der Waals surface area contributed by atoms with Crippen LogP contribution in [0.15, 0.2) is 11.4 Å². The van der Waals surface area contributed by atoms with E-state index in [0.29, 0.717) is 12.6 Å². The summed E-state index contributed by atoms with van der Waals surface area (Å²) in [5.41, 5.74) is 1.19. The van der Waals surface area contributed by atoms with Crippen molar-refractivity contribution in [2.24, 2.45) is 0 Å². The Morgan fingerprint density at radius 1 is 1.71 bits per heavy atom. The van der Waals surface area contributed by atoms with E-state index in [9.17, 15) is 4.79 Å². The predicted octanol–water partition coefficient (Wildman–Crippen LogP) is 3.40. The van der Waals surface area contributed by atoms with Gasteiger partial charge in [0, 0.05) is 18.6 Å². The molecule has 1 N–H and O–H groups in total. The van der Waals surface area contributed by atoms with Gasteiger partial charge in [-0.1, -0.05) is 11.6 Å². The lowest BCUT2D eigenvalue weighted by Crippen LogP contribution is -2.31. The summed E-state index contributed by atoms with van der Waals surface area (Å²) in [7, 11) is 0. The third kappa shape index (κ3) is 3.44. The molecule has 0 amide bonds. The molecule has 1 fully saturated rings. The van der Waals surface area contributed by atoms with Gasteiger partial charge in [0.2, 0.25) is 0 Å². The number of hydrogen-bond acceptors (Lipinski definition) is 3. The van der Waals surface area contributed by atoms with E-state index < -0.39 is 5.97 Å². The van der Waals surface area contributed by atoms with Crippen LogP contribution in [-0.2, 0) is 4.79 Å². The Bertz CT molecular complexity index is 403. The molecular weight excluding hydrogens is 258 g/mol. The number of hydrogen-bond donors (Lipinski definition) is 1. The van der Waals surface area contributed by atoms with Gasteiger partial charge in [-0.25, -0.2) is 0 Å². The molecule has 0 bridgehead atoms. The molecule has 1 aromatic rings. The van der Waals surface area contributed by atoms with Crippen molar-refractivity contribution in [2.45, 2.75) is 38.3 Å². The SMILES string of the molecule is CC(c1csc(Cl)c1)N(CCC(=O)O)C1CC1. The van der Waals surface area contributed by atoms with Crippen molar-refractivity contribution in [3.8, 4) is 0 Å². The zero-order valence-corrected chi connectivity index (χ0v) is 11.3. The first-order valence-electron chi connectivity index (χ1n) is 5.79. The zero-order chi connectivity index (χ0) is 12.4. The van der Waals surface area contributed by atoms with Gasteiger partial charge in [0.1, 0.15) is 0 Å². The van der Waals surface area contributed by atoms with Crippen LogP contribution in [-0.4, -0.2) is 28.6 Å². The minimum atomic E-state index is -0.730. The lowest BCUT2D eigenvalue weighted by molar-refractivity contribution is -0.137. The molecule has 2 rings (SSSR count). The van der Waals surface area contributed by atoms with E-state index in [2.05, 4.69) is 17.2 Å². The minimum Gasteiger partial charge on any atom is -0.481 e. The summed E-state index contributed by atoms with van der Waals surface area (Å²) in [6.07, 6.45) is 2.57. The van der Waals surface area contributed by atoms with Gasteiger partial charge in [-0.15, -0.1) is 11.3 Å². The van der Waals surface area contributed by atoms with Crippen LogP contribution in [0, 0.1) is 0 Å². The molecule has 1 unspecified atom stereocenters. The van der Waals surface area contributed by atoms with Crippen molar-refractivity contribution in [1.29, 1.82) is 0 Å². The van der Waals surface area contributed by atoms with Gasteiger partial charge in [0.15, 0.2) is 0 Å². The van der Waals surface area contributed by atoms with Crippen molar-refractivity contribution in [1.82, 2.24) is 4.90 Å². The Morgan fingerprint density at radius 3 is 2.88 bits per heavy atom. The third-order valence-electron chi connectivity index (χ3n) is 3.17. The number of thiophene rings is 1. The van der Waals surface area contributed by atoms with Crippen LogP contribution in [0.2, 0.25) is 4.34 Å². The second-order valence-electron chi connectivity index (χ2n) is 4.47. The fraction of sp³-hybridized carbons (Fsp3) is 0.583. The minimum absolute atomic E-state index is 0.207. The number of halogens is 1. The van der Waals surface area contributed by atoms with Crippen molar-refractivity contribution in [2.75, 3.05) is 6.54 Å². The maximum Gasteiger partial charge on any atom is 0.304 e. The van der Waals surface area contributed by atoms with Gasteiger partial charge in [0.25, 0.3) is 0 Å². The fourth-order valence-corrected chi connectivity index (χ4v) is 3.03. The average molecular weight is 274 g/mol. The quantitative estimate of drug-likeness (QED) is 0.864. The van der Waals surface area contributed by atoms with Crippen LogP contribution in [0.5, 0.6) is 0 Å². The number of carboxylic acids is 1. The number of nitrogens with zero attached hydrogens (tertiary/aromatic N) is 1. The van der Waals surface area contributed by atoms with Gasteiger partial charge in [-0.2, -0.15) is 0 Å². The largest absolute Gasteiger partial charge is 0.481 e. The Morgan fingerprint density at radius 2 is 2.41 bits per heavy atom. The van der Waals surface area contributed by atoms with Crippen molar-refractivity contribution in [3.05, 3.63) is 21.3 Å². The van der Waals surface area contributed by atoms with Crippen LogP contribution in [0.3, 0.4) is 0 Å². The first kappa shape index (κ1) is 12.9. The molecule has 1 atom stereocenters. The molecule has 94 valence electrons. The second kappa shape index (κ2) is 5.38. The molecular formula is C12H16ClNO2S. The molecule has 1 aromatic heterocycles. The van der Waals surface area contributed by atoms with Crippen LogP contribution in [0.1, 0.15) is 37.8 Å². The first-order valence-corrected chi connectivity index (χ1v) is 7.05. The topological polar surface area (TPSA) is 40.5 Å². The maximum atomic E-state index is 10.7. The molecule has 0 saturated heterocycles. The first-order chi connectivity index (χ1) is 8.08. The Balaban J connectivity index is 2.02. The van der Waals surface area contributed by atoms with Crippen molar-refractivity contribution in [3.63, 3.8) is 0 Å². The highest BCUT2D eigenvalue weighted by Gasteiger charge is 2.33. The smallest absolute Gasteiger partial charge is 0.304 e. The van der Waals surface area contributed by atoms with Gasteiger partial charge in [-0.05, 0) is 36.8 Å². The Kier molecular flexibility index (Phi) is 4.07. The molecule has 0 spiro atoms. The molecule has 1 saturated carbocycles.